The van der Waals surface area contributed by atoms with Crippen LogP contribution in [-0.4, -0.2) is 24.7 Å². The first-order valence-corrected chi connectivity index (χ1v) is 7.35. The van der Waals surface area contributed by atoms with Crippen LogP contribution in [0.3, 0.4) is 0 Å². The van der Waals surface area contributed by atoms with Crippen LogP contribution >= 0.6 is 0 Å². The highest BCUT2D eigenvalue weighted by atomic mass is 16.5. The first kappa shape index (κ1) is 15.0. The summed E-state index contributed by atoms with van der Waals surface area (Å²) in [7, 11) is 0. The van der Waals surface area contributed by atoms with Crippen LogP contribution < -0.4 is 11.1 Å². The van der Waals surface area contributed by atoms with Crippen molar-refractivity contribution < 1.29 is 9.53 Å². The molecule has 1 amide bonds. The van der Waals surface area contributed by atoms with Crippen molar-refractivity contribution >= 4 is 11.6 Å². The number of hydrogen-bond acceptors (Lipinski definition) is 3. The van der Waals surface area contributed by atoms with E-state index < -0.39 is 0 Å². The zero-order valence-electron chi connectivity index (χ0n) is 12.2. The highest BCUT2D eigenvalue weighted by Gasteiger charge is 2.32. The van der Waals surface area contributed by atoms with E-state index in [9.17, 15) is 4.79 Å². The summed E-state index contributed by atoms with van der Waals surface area (Å²) in [6, 6.07) is 7.73. The lowest BCUT2D eigenvalue weighted by atomic mass is 9.85. The third-order valence-electron chi connectivity index (χ3n) is 4.07. The summed E-state index contributed by atoms with van der Waals surface area (Å²) >= 11 is 0. The number of hydrogen-bond donors (Lipinski definition) is 2. The number of rotatable bonds is 5. The zero-order chi connectivity index (χ0) is 14.4. The second-order valence-electron chi connectivity index (χ2n) is 5.60. The molecule has 1 aliphatic rings. The summed E-state index contributed by atoms with van der Waals surface area (Å²) in [5.41, 5.74) is 7.44. The molecule has 0 unspecified atom stereocenters. The van der Waals surface area contributed by atoms with Gasteiger partial charge in [-0.25, -0.2) is 0 Å². The molecule has 1 aromatic rings. The molecular formula is C16H24N2O2. The summed E-state index contributed by atoms with van der Waals surface area (Å²) in [5.74, 6) is -0.113. The van der Waals surface area contributed by atoms with Gasteiger partial charge in [-0.15, -0.1) is 0 Å². The van der Waals surface area contributed by atoms with Crippen molar-refractivity contribution in [3.05, 3.63) is 29.8 Å². The van der Waals surface area contributed by atoms with E-state index in [0.717, 1.165) is 36.9 Å². The van der Waals surface area contributed by atoms with Gasteiger partial charge in [-0.2, -0.15) is 0 Å². The monoisotopic (exact) mass is 276 g/mol. The van der Waals surface area contributed by atoms with Crippen molar-refractivity contribution in [2.24, 2.45) is 5.73 Å². The lowest BCUT2D eigenvalue weighted by Crippen LogP contribution is -2.44. The lowest BCUT2D eigenvalue weighted by Gasteiger charge is -2.35. The van der Waals surface area contributed by atoms with Crippen molar-refractivity contribution in [2.75, 3.05) is 18.5 Å². The summed E-state index contributed by atoms with van der Waals surface area (Å²) in [5, 5.41) is 2.89. The number of nitrogens with two attached hydrogens (primary N) is 1. The average molecular weight is 276 g/mol. The molecule has 1 saturated carbocycles. The molecule has 0 bridgehead atoms. The number of carbonyl (C=O) groups is 1. The Morgan fingerprint density at radius 2 is 2.00 bits per heavy atom. The standard InChI is InChI=1S/C16H24N2O2/c1-13-7-3-4-8-14(13)18-15(19)11-20-16(12-17)9-5-2-6-10-16/h3-4,7-8H,2,5-6,9-12,17H2,1H3,(H,18,19). The second-order valence-corrected chi connectivity index (χ2v) is 5.60. The van der Waals surface area contributed by atoms with Crippen LogP contribution in [0, 0.1) is 6.92 Å². The Hall–Kier alpha value is -1.39. The maximum atomic E-state index is 12.0. The number of carbonyl (C=O) groups excluding carboxylic acids is 1. The van der Waals surface area contributed by atoms with Crippen LogP contribution in [0.4, 0.5) is 5.69 Å². The molecule has 0 atom stereocenters. The SMILES string of the molecule is Cc1ccccc1NC(=O)COC1(CN)CCCCC1. The summed E-state index contributed by atoms with van der Waals surface area (Å²) < 4.78 is 5.86. The van der Waals surface area contributed by atoms with Gasteiger partial charge < -0.3 is 15.8 Å². The highest BCUT2D eigenvalue weighted by Crippen LogP contribution is 2.30. The minimum absolute atomic E-state index is 0.0749. The van der Waals surface area contributed by atoms with E-state index in [0.29, 0.717) is 6.54 Å². The van der Waals surface area contributed by atoms with Crippen LogP contribution in [0.1, 0.15) is 37.7 Å². The molecule has 0 spiro atoms. The van der Waals surface area contributed by atoms with Crippen LogP contribution in [0.25, 0.3) is 0 Å². The van der Waals surface area contributed by atoms with E-state index in [1.807, 2.05) is 31.2 Å². The smallest absolute Gasteiger partial charge is 0.250 e. The molecule has 0 saturated heterocycles. The minimum atomic E-state index is -0.290. The molecule has 110 valence electrons. The van der Waals surface area contributed by atoms with E-state index >= 15 is 0 Å². The van der Waals surface area contributed by atoms with Crippen LogP contribution in [-0.2, 0) is 9.53 Å². The Kier molecular flexibility index (Phi) is 5.15. The fraction of sp³-hybridized carbons (Fsp3) is 0.562. The number of benzene rings is 1. The summed E-state index contributed by atoms with van der Waals surface area (Å²) in [4.78, 5) is 12.0. The average Bonchev–Trinajstić information content (AvgIpc) is 2.49. The van der Waals surface area contributed by atoms with Crippen molar-refractivity contribution in [3.8, 4) is 0 Å². The zero-order valence-corrected chi connectivity index (χ0v) is 12.2. The fourth-order valence-electron chi connectivity index (χ4n) is 2.72. The molecule has 1 aliphatic carbocycles. The van der Waals surface area contributed by atoms with Crippen LogP contribution in [0.5, 0.6) is 0 Å². The van der Waals surface area contributed by atoms with E-state index in [-0.39, 0.29) is 18.1 Å². The Balaban J connectivity index is 1.87. The Bertz CT molecular complexity index is 454. The number of anilines is 1. The van der Waals surface area contributed by atoms with Gasteiger partial charge in [0, 0.05) is 12.2 Å². The van der Waals surface area contributed by atoms with Gasteiger partial charge in [0.1, 0.15) is 6.61 Å². The first-order chi connectivity index (χ1) is 9.65. The van der Waals surface area contributed by atoms with Gasteiger partial charge >= 0.3 is 0 Å². The minimum Gasteiger partial charge on any atom is -0.364 e. The largest absolute Gasteiger partial charge is 0.364 e. The van der Waals surface area contributed by atoms with Crippen LogP contribution in [0.2, 0.25) is 0 Å². The number of nitrogens with one attached hydrogen (secondary N) is 1. The normalized spacial score (nSPS) is 17.7. The van der Waals surface area contributed by atoms with E-state index in [1.54, 1.807) is 0 Å². The van der Waals surface area contributed by atoms with Crippen molar-refractivity contribution in [3.63, 3.8) is 0 Å². The molecule has 2 rings (SSSR count). The molecule has 20 heavy (non-hydrogen) atoms. The van der Waals surface area contributed by atoms with E-state index in [1.165, 1.54) is 6.42 Å². The number of amides is 1. The number of ether oxygens (including phenoxy) is 1. The van der Waals surface area contributed by atoms with Gasteiger partial charge in [-0.1, -0.05) is 37.5 Å². The number of para-hydroxylation sites is 1. The predicted octanol–water partition coefficient (Wildman–Crippen LogP) is 2.61. The van der Waals surface area contributed by atoms with Gasteiger partial charge in [0.2, 0.25) is 5.91 Å². The molecule has 0 aromatic heterocycles. The Labute approximate surface area is 120 Å². The van der Waals surface area contributed by atoms with Gasteiger partial charge in [0.25, 0.3) is 0 Å². The second kappa shape index (κ2) is 6.86. The van der Waals surface area contributed by atoms with Gasteiger partial charge in [0.15, 0.2) is 0 Å². The molecule has 3 N–H and O–H groups in total. The lowest BCUT2D eigenvalue weighted by molar-refractivity contribution is -0.130. The quantitative estimate of drug-likeness (QED) is 0.869. The van der Waals surface area contributed by atoms with E-state index in [4.69, 9.17) is 10.5 Å². The van der Waals surface area contributed by atoms with Crippen LogP contribution in [0.15, 0.2) is 24.3 Å². The van der Waals surface area contributed by atoms with Gasteiger partial charge in [-0.3, -0.25) is 4.79 Å². The van der Waals surface area contributed by atoms with Crippen molar-refractivity contribution in [1.82, 2.24) is 0 Å². The first-order valence-electron chi connectivity index (χ1n) is 7.35. The molecule has 1 fully saturated rings. The van der Waals surface area contributed by atoms with Gasteiger partial charge in [-0.05, 0) is 31.4 Å². The molecule has 0 radical (unpaired) electrons. The van der Waals surface area contributed by atoms with Gasteiger partial charge in [0.05, 0.1) is 5.60 Å². The highest BCUT2D eigenvalue weighted by molar-refractivity contribution is 5.92. The summed E-state index contributed by atoms with van der Waals surface area (Å²) in [6.45, 7) is 2.54. The van der Waals surface area contributed by atoms with E-state index in [2.05, 4.69) is 5.32 Å². The molecule has 4 heteroatoms. The molecule has 1 aromatic carbocycles. The maximum absolute atomic E-state index is 12.0. The number of aryl methyl sites for hydroxylation is 1. The molecular weight excluding hydrogens is 252 g/mol. The Morgan fingerprint density at radius 3 is 2.65 bits per heavy atom. The van der Waals surface area contributed by atoms with Crippen molar-refractivity contribution in [1.29, 1.82) is 0 Å². The Morgan fingerprint density at radius 1 is 1.30 bits per heavy atom. The summed E-state index contributed by atoms with van der Waals surface area (Å²) in [6.07, 6.45) is 5.43. The fourth-order valence-corrected chi connectivity index (χ4v) is 2.72. The molecule has 0 heterocycles. The third kappa shape index (κ3) is 3.81. The molecule has 0 aliphatic heterocycles. The maximum Gasteiger partial charge on any atom is 0.250 e. The molecule has 4 nitrogen and oxygen atoms in total. The van der Waals surface area contributed by atoms with Crippen molar-refractivity contribution in [2.45, 2.75) is 44.6 Å². The topological polar surface area (TPSA) is 64.3 Å². The third-order valence-corrected chi connectivity index (χ3v) is 4.07. The predicted molar refractivity (Wildman–Crippen MR) is 80.6 cm³/mol.